The third-order valence-electron chi connectivity index (χ3n) is 6.78. The van der Waals surface area contributed by atoms with E-state index in [2.05, 4.69) is 34.4 Å². The number of nitrogens with one attached hydrogen (secondary N) is 2. The average Bonchev–Trinajstić information content (AvgIpc) is 2.65. The molecule has 0 radical (unpaired) electrons. The first-order chi connectivity index (χ1) is 12.4. The predicted octanol–water partition coefficient (Wildman–Crippen LogP) is 3.06. The summed E-state index contributed by atoms with van der Waals surface area (Å²) in [4.78, 5) is 21.5. The lowest BCUT2D eigenvalue weighted by Gasteiger charge is -2.51. The van der Waals surface area contributed by atoms with Gasteiger partial charge in [-0.25, -0.2) is 9.97 Å². The fourth-order valence-corrected chi connectivity index (χ4v) is 4.63. The number of rotatable bonds is 4. The molecule has 0 atom stereocenters. The van der Waals surface area contributed by atoms with Crippen molar-refractivity contribution in [3.8, 4) is 0 Å². The highest BCUT2D eigenvalue weighted by Gasteiger charge is 2.52. The topological polar surface area (TPSA) is 76.1 Å². The lowest BCUT2D eigenvalue weighted by Crippen LogP contribution is -2.60. The number of amides is 1. The van der Waals surface area contributed by atoms with Crippen LogP contribution >= 0.6 is 0 Å². The van der Waals surface area contributed by atoms with Crippen molar-refractivity contribution in [3.63, 3.8) is 0 Å². The number of anilines is 1. The lowest BCUT2D eigenvalue weighted by atomic mass is 9.67. The number of carbonyl (C=O) groups is 1. The van der Waals surface area contributed by atoms with Gasteiger partial charge in [0.2, 0.25) is 5.95 Å². The van der Waals surface area contributed by atoms with Gasteiger partial charge >= 0.3 is 0 Å². The molecular formula is C20H30N4O2. The first-order valence-electron chi connectivity index (χ1n) is 9.91. The van der Waals surface area contributed by atoms with Crippen LogP contribution in [0.3, 0.4) is 0 Å². The van der Waals surface area contributed by atoms with Crippen molar-refractivity contribution >= 4 is 11.9 Å². The van der Waals surface area contributed by atoms with Crippen LogP contribution in [-0.4, -0.2) is 39.7 Å². The summed E-state index contributed by atoms with van der Waals surface area (Å²) in [6.07, 6.45) is 11.4. The molecule has 1 amide bonds. The monoisotopic (exact) mass is 358 g/mol. The van der Waals surface area contributed by atoms with Crippen LogP contribution < -0.4 is 10.6 Å². The zero-order valence-electron chi connectivity index (χ0n) is 15.9. The Bertz CT molecular complexity index is 631. The lowest BCUT2D eigenvalue weighted by molar-refractivity contribution is -0.190. The van der Waals surface area contributed by atoms with Gasteiger partial charge in [-0.15, -0.1) is 0 Å². The number of ether oxygens (including phenoxy) is 1. The highest BCUT2D eigenvalue weighted by Crippen LogP contribution is 2.48. The van der Waals surface area contributed by atoms with Crippen LogP contribution in [0.1, 0.15) is 65.2 Å². The normalized spacial score (nSPS) is 39.4. The smallest absolute Gasteiger partial charge is 0.252 e. The van der Waals surface area contributed by atoms with Crippen molar-refractivity contribution in [2.24, 2.45) is 5.41 Å². The van der Waals surface area contributed by atoms with Gasteiger partial charge in [-0.05, 0) is 69.8 Å². The molecule has 142 valence electrons. The quantitative estimate of drug-likeness (QED) is 0.865. The second kappa shape index (κ2) is 6.48. The molecule has 2 saturated carbocycles. The third kappa shape index (κ3) is 3.43. The zero-order valence-corrected chi connectivity index (χ0v) is 15.9. The Hall–Kier alpha value is -1.69. The van der Waals surface area contributed by atoms with E-state index in [1.165, 1.54) is 0 Å². The molecule has 26 heavy (non-hydrogen) atoms. The standard InChI is InChI=1S/C20H30N4O2/c1-18-8-10-20(11-9-18,26-14-18)16(25)23-15-4-6-19(2,7-5-15)24-17-21-12-3-13-22-17/h3,12-13,15H,4-11,14H2,1-2H3,(H,23,25)(H,21,22,24). The van der Waals surface area contributed by atoms with Crippen molar-refractivity contribution in [2.75, 3.05) is 11.9 Å². The van der Waals surface area contributed by atoms with Crippen molar-refractivity contribution in [1.82, 2.24) is 15.3 Å². The third-order valence-corrected chi connectivity index (χ3v) is 6.78. The summed E-state index contributed by atoms with van der Waals surface area (Å²) >= 11 is 0. The molecule has 0 aromatic carbocycles. The maximum Gasteiger partial charge on any atom is 0.252 e. The molecule has 1 aromatic heterocycles. The number of hydrogen-bond donors (Lipinski definition) is 2. The molecule has 0 unspecified atom stereocenters. The van der Waals surface area contributed by atoms with Crippen molar-refractivity contribution in [2.45, 2.75) is 82.4 Å². The van der Waals surface area contributed by atoms with Crippen LogP contribution in [0, 0.1) is 5.41 Å². The molecule has 6 nitrogen and oxygen atoms in total. The Morgan fingerprint density at radius 1 is 1.08 bits per heavy atom. The van der Waals surface area contributed by atoms with Crippen LogP contribution in [0.5, 0.6) is 0 Å². The highest BCUT2D eigenvalue weighted by atomic mass is 16.5. The van der Waals surface area contributed by atoms with Crippen LogP contribution in [0.25, 0.3) is 0 Å². The summed E-state index contributed by atoms with van der Waals surface area (Å²) in [5.41, 5.74) is -0.288. The summed E-state index contributed by atoms with van der Waals surface area (Å²) in [7, 11) is 0. The van der Waals surface area contributed by atoms with Gasteiger partial charge in [-0.3, -0.25) is 4.79 Å². The van der Waals surface area contributed by atoms with E-state index in [0.717, 1.165) is 58.0 Å². The zero-order chi connectivity index (χ0) is 18.3. The Morgan fingerprint density at radius 3 is 2.31 bits per heavy atom. The number of nitrogens with zero attached hydrogens (tertiary/aromatic N) is 2. The minimum atomic E-state index is -0.561. The van der Waals surface area contributed by atoms with Gasteiger partial charge in [0, 0.05) is 24.0 Å². The van der Waals surface area contributed by atoms with E-state index in [4.69, 9.17) is 4.74 Å². The number of carbonyl (C=O) groups excluding carboxylic acids is 1. The minimum absolute atomic E-state index is 0.0190. The Morgan fingerprint density at radius 2 is 1.73 bits per heavy atom. The molecule has 4 aliphatic rings. The van der Waals surface area contributed by atoms with E-state index >= 15 is 0 Å². The van der Waals surface area contributed by atoms with Gasteiger partial charge in [0.1, 0.15) is 5.60 Å². The molecule has 2 saturated heterocycles. The van der Waals surface area contributed by atoms with E-state index in [1.54, 1.807) is 12.4 Å². The van der Waals surface area contributed by atoms with Crippen LogP contribution in [0.15, 0.2) is 18.5 Å². The van der Waals surface area contributed by atoms with E-state index in [-0.39, 0.29) is 17.5 Å². The van der Waals surface area contributed by atoms with Crippen molar-refractivity contribution in [3.05, 3.63) is 18.5 Å². The van der Waals surface area contributed by atoms with Crippen LogP contribution in [0.2, 0.25) is 0 Å². The summed E-state index contributed by atoms with van der Waals surface area (Å²) in [6, 6.07) is 2.06. The first kappa shape index (κ1) is 17.7. The van der Waals surface area contributed by atoms with Gasteiger partial charge in [0.25, 0.3) is 5.91 Å². The predicted molar refractivity (Wildman–Crippen MR) is 99.7 cm³/mol. The molecule has 0 spiro atoms. The average molecular weight is 358 g/mol. The molecule has 2 bridgehead atoms. The van der Waals surface area contributed by atoms with Gasteiger partial charge in [0.05, 0.1) is 6.61 Å². The molecule has 3 heterocycles. The highest BCUT2D eigenvalue weighted by molar-refractivity contribution is 5.85. The summed E-state index contributed by atoms with van der Waals surface area (Å²) in [6.45, 7) is 5.22. The Balaban J connectivity index is 1.30. The van der Waals surface area contributed by atoms with E-state index in [0.29, 0.717) is 11.4 Å². The number of fused-ring (bicyclic) bond motifs is 3. The van der Waals surface area contributed by atoms with E-state index < -0.39 is 5.60 Å². The first-order valence-corrected chi connectivity index (χ1v) is 9.91. The van der Waals surface area contributed by atoms with Crippen LogP contribution in [0.4, 0.5) is 5.95 Å². The van der Waals surface area contributed by atoms with Crippen molar-refractivity contribution in [1.29, 1.82) is 0 Å². The molecule has 2 aliphatic heterocycles. The molecule has 1 aromatic rings. The van der Waals surface area contributed by atoms with Gasteiger partial charge in [0.15, 0.2) is 0 Å². The number of aromatic nitrogens is 2. The summed E-state index contributed by atoms with van der Waals surface area (Å²) in [5.74, 6) is 0.796. The second-order valence-electron chi connectivity index (χ2n) is 9.10. The second-order valence-corrected chi connectivity index (χ2v) is 9.10. The maximum absolute atomic E-state index is 12.9. The fraction of sp³-hybridized carbons (Fsp3) is 0.750. The summed E-state index contributed by atoms with van der Waals surface area (Å²) < 4.78 is 6.05. The molecule has 4 fully saturated rings. The fourth-order valence-electron chi connectivity index (χ4n) is 4.63. The molecule has 2 aliphatic carbocycles. The summed E-state index contributed by atoms with van der Waals surface area (Å²) in [5, 5.41) is 6.76. The molecule has 5 rings (SSSR count). The van der Waals surface area contributed by atoms with E-state index in [1.807, 2.05) is 6.07 Å². The Labute approximate surface area is 155 Å². The van der Waals surface area contributed by atoms with E-state index in [9.17, 15) is 4.79 Å². The van der Waals surface area contributed by atoms with Gasteiger partial charge in [-0.1, -0.05) is 6.92 Å². The molecule has 6 heteroatoms. The van der Waals surface area contributed by atoms with Gasteiger partial charge < -0.3 is 15.4 Å². The molecular weight excluding hydrogens is 328 g/mol. The molecule has 2 N–H and O–H groups in total. The number of hydrogen-bond acceptors (Lipinski definition) is 5. The minimum Gasteiger partial charge on any atom is -0.365 e. The largest absolute Gasteiger partial charge is 0.365 e. The van der Waals surface area contributed by atoms with Crippen LogP contribution in [-0.2, 0) is 9.53 Å². The van der Waals surface area contributed by atoms with Crippen molar-refractivity contribution < 1.29 is 9.53 Å². The SMILES string of the molecule is CC12CCC(C(=O)NC3CCC(C)(Nc4ncccn4)CC3)(CC1)OC2. The van der Waals surface area contributed by atoms with Gasteiger partial charge in [-0.2, -0.15) is 0 Å². The Kier molecular flexibility index (Phi) is 4.41. The maximum atomic E-state index is 12.9.